The van der Waals surface area contributed by atoms with Gasteiger partial charge in [-0.15, -0.1) is 0 Å². The van der Waals surface area contributed by atoms with E-state index in [9.17, 15) is 9.90 Å². The summed E-state index contributed by atoms with van der Waals surface area (Å²) in [6.45, 7) is 13.0. The number of nitrogens with zero attached hydrogens (tertiary/aromatic N) is 2. The summed E-state index contributed by atoms with van der Waals surface area (Å²) in [6, 6.07) is 47.1. The molecule has 60 heavy (non-hydrogen) atoms. The maximum absolute atomic E-state index is 12.6. The predicted octanol–water partition coefficient (Wildman–Crippen LogP) is 9.00. The van der Waals surface area contributed by atoms with Crippen molar-refractivity contribution < 1.29 is 23.9 Å². The van der Waals surface area contributed by atoms with E-state index in [2.05, 4.69) is 159 Å². The fourth-order valence-electron chi connectivity index (χ4n) is 9.20. The molecule has 5 aromatic carbocycles. The molecule has 0 bridgehead atoms. The average Bonchev–Trinajstić information content (AvgIpc) is 3.50. The molecule has 0 spiro atoms. The first-order valence-corrected chi connectivity index (χ1v) is 23.2. The first kappa shape index (κ1) is 40.2. The van der Waals surface area contributed by atoms with Crippen molar-refractivity contribution in [1.82, 2.24) is 4.90 Å². The summed E-state index contributed by atoms with van der Waals surface area (Å²) >= 11 is 0. The van der Waals surface area contributed by atoms with E-state index in [-0.39, 0.29) is 11.4 Å². The first-order chi connectivity index (χ1) is 29.0. The van der Waals surface area contributed by atoms with E-state index in [0.29, 0.717) is 17.1 Å². The lowest BCUT2D eigenvalue weighted by Crippen LogP contribution is -2.47. The Kier molecular flexibility index (Phi) is 10.9. The number of hydrogen-bond donors (Lipinski definition) is 1. The number of ether oxygens (including phenoxy) is 1. The minimum atomic E-state index is -1.87. The second-order valence-corrected chi connectivity index (χ2v) is 20.9. The van der Waals surface area contributed by atoms with Gasteiger partial charge in [0.05, 0.1) is 22.9 Å². The smallest absolute Gasteiger partial charge is 0.469 e. The normalized spacial score (nSPS) is 19.7. The molecule has 9 heteroatoms. The Morgan fingerprint density at radius 3 is 1.88 bits per heavy atom. The lowest BCUT2D eigenvalue weighted by atomic mass is 9.68. The van der Waals surface area contributed by atoms with E-state index in [1.54, 1.807) is 12.1 Å². The molecule has 1 atom stereocenters. The maximum Gasteiger partial charge on any atom is 0.469 e. The largest absolute Gasteiger partial charge is 0.478 e. The minimum Gasteiger partial charge on any atom is -0.478 e. The molecule has 0 radical (unpaired) electrons. The molecule has 2 saturated heterocycles. The Hall–Kier alpha value is -5.24. The van der Waals surface area contributed by atoms with E-state index in [1.165, 1.54) is 15.9 Å². The van der Waals surface area contributed by atoms with Crippen LogP contribution in [0, 0.1) is 0 Å². The van der Waals surface area contributed by atoms with E-state index in [4.69, 9.17) is 14.0 Å². The van der Waals surface area contributed by atoms with Gasteiger partial charge in [0, 0.05) is 67.0 Å². The number of carboxylic acids is 1. The Bertz CT molecular complexity index is 2350. The standard InChI is InChI=1S/C51H52BN2O5P/c1-50(2)51(3,4)59-52(58-50)37-25-27-44-46(35-37)57-47-36-38(26-28-45(47)48(44)42-23-14-15-24-43(42)49(55)56)54-32-30-53(31-33-54)29-16-34-60(39-17-8-5-9-18-39,40-19-10-6-11-20-40)41-21-12-7-13-22-41/h5-15,17-28,35-37H,16,29-34H2,1-4H3/p+1. The van der Waals surface area contributed by atoms with Crippen molar-refractivity contribution in [3.8, 4) is 5.75 Å². The summed E-state index contributed by atoms with van der Waals surface area (Å²) in [7, 11) is -2.35. The van der Waals surface area contributed by atoms with Crippen molar-refractivity contribution in [2.24, 2.45) is 0 Å². The molecule has 4 aliphatic rings. The number of carboxylic acid groups (broad SMARTS) is 1. The third-order valence-electron chi connectivity index (χ3n) is 13.1. The molecule has 9 rings (SSSR count). The molecule has 7 nitrogen and oxygen atoms in total. The van der Waals surface area contributed by atoms with Crippen LogP contribution in [0.4, 0.5) is 5.69 Å². The number of piperazine rings is 1. The highest BCUT2D eigenvalue weighted by molar-refractivity contribution is 7.95. The summed E-state index contributed by atoms with van der Waals surface area (Å²) in [4.78, 5) is 17.6. The van der Waals surface area contributed by atoms with Gasteiger partial charge in [-0.1, -0.05) is 84.9 Å². The van der Waals surface area contributed by atoms with E-state index in [0.717, 1.165) is 67.7 Å². The SMILES string of the molecule is CC1(C)OB(C2C=CC3=C(c4ccccc4C(=O)O)c4ccc(N5CCN(CCC[P+](c6ccccc6)(c6ccccc6)c6ccccc6)CC5)cc4OC3=C2)OC1(C)C. The van der Waals surface area contributed by atoms with Crippen LogP contribution in [0.1, 0.15) is 55.6 Å². The highest BCUT2D eigenvalue weighted by Gasteiger charge is 2.53. The van der Waals surface area contributed by atoms with Crippen molar-refractivity contribution in [2.45, 2.75) is 51.1 Å². The Morgan fingerprint density at radius 2 is 1.30 bits per heavy atom. The molecule has 304 valence electrons. The highest BCUT2D eigenvalue weighted by atomic mass is 31.2. The van der Waals surface area contributed by atoms with Crippen LogP contribution in [0.15, 0.2) is 163 Å². The summed E-state index contributed by atoms with van der Waals surface area (Å²) in [5.74, 6) is 0.252. The highest BCUT2D eigenvalue weighted by Crippen LogP contribution is 2.56. The second-order valence-electron chi connectivity index (χ2n) is 17.2. The number of fused-ring (bicyclic) bond motifs is 2. The topological polar surface area (TPSA) is 71.5 Å². The molecule has 3 aliphatic heterocycles. The van der Waals surface area contributed by atoms with Crippen LogP contribution >= 0.6 is 7.26 Å². The van der Waals surface area contributed by atoms with Crippen LogP contribution in [0.2, 0.25) is 5.82 Å². The van der Waals surface area contributed by atoms with Gasteiger partial charge in [0.25, 0.3) is 0 Å². The molecular formula is C51H53BN2O5P+. The van der Waals surface area contributed by atoms with Gasteiger partial charge in [0.1, 0.15) is 34.7 Å². The third kappa shape index (κ3) is 7.45. The van der Waals surface area contributed by atoms with E-state index in [1.807, 2.05) is 18.2 Å². The van der Waals surface area contributed by atoms with Gasteiger partial charge in [0.15, 0.2) is 0 Å². The molecule has 1 N–H and O–H groups in total. The van der Waals surface area contributed by atoms with Crippen molar-refractivity contribution >= 4 is 47.5 Å². The minimum absolute atomic E-state index is 0.182. The zero-order valence-corrected chi connectivity index (χ0v) is 35.9. The van der Waals surface area contributed by atoms with Gasteiger partial charge in [0.2, 0.25) is 0 Å². The number of hydrogen-bond acceptors (Lipinski definition) is 6. The summed E-state index contributed by atoms with van der Waals surface area (Å²) in [5.41, 5.74) is 3.65. The van der Waals surface area contributed by atoms with Crippen LogP contribution in [-0.4, -0.2) is 73.2 Å². The first-order valence-electron chi connectivity index (χ1n) is 21.2. The number of rotatable bonds is 11. The molecule has 3 heterocycles. The zero-order chi connectivity index (χ0) is 41.5. The number of aromatic carboxylic acids is 1. The lowest BCUT2D eigenvalue weighted by Gasteiger charge is -2.37. The fourth-order valence-corrected chi connectivity index (χ4v) is 13.5. The molecule has 0 saturated carbocycles. The number of carbonyl (C=O) groups is 1. The lowest BCUT2D eigenvalue weighted by molar-refractivity contribution is 0.00578. The monoisotopic (exact) mass is 815 g/mol. The molecule has 0 amide bonds. The van der Waals surface area contributed by atoms with Gasteiger partial charge in [-0.05, 0) is 100 Å². The Balaban J connectivity index is 0.948. The van der Waals surface area contributed by atoms with Crippen molar-refractivity contribution in [2.75, 3.05) is 43.8 Å². The molecule has 0 aromatic heterocycles. The van der Waals surface area contributed by atoms with Crippen molar-refractivity contribution in [1.29, 1.82) is 0 Å². The number of benzene rings is 5. The van der Waals surface area contributed by atoms with Crippen LogP contribution in [0.5, 0.6) is 5.75 Å². The third-order valence-corrected chi connectivity index (χ3v) is 17.7. The molecular weight excluding hydrogens is 762 g/mol. The average molecular weight is 816 g/mol. The number of anilines is 1. The van der Waals surface area contributed by atoms with Gasteiger partial charge in [-0.25, -0.2) is 4.79 Å². The van der Waals surface area contributed by atoms with Gasteiger partial charge in [-0.3, -0.25) is 4.90 Å². The van der Waals surface area contributed by atoms with Crippen molar-refractivity contribution in [3.05, 3.63) is 180 Å². The maximum atomic E-state index is 12.6. The van der Waals surface area contributed by atoms with Crippen LogP contribution in [-0.2, 0) is 9.31 Å². The Morgan fingerprint density at radius 1 is 0.733 bits per heavy atom. The van der Waals surface area contributed by atoms with Crippen LogP contribution in [0.3, 0.4) is 0 Å². The van der Waals surface area contributed by atoms with E-state index >= 15 is 0 Å². The second kappa shape index (κ2) is 16.3. The zero-order valence-electron chi connectivity index (χ0n) is 35.0. The predicted molar refractivity (Wildman–Crippen MR) is 247 cm³/mol. The summed E-state index contributed by atoms with van der Waals surface area (Å²) < 4.78 is 19.7. The molecule has 5 aromatic rings. The van der Waals surface area contributed by atoms with Crippen LogP contribution in [0.25, 0.3) is 5.57 Å². The quantitative estimate of drug-likeness (QED) is 0.106. The molecule has 1 unspecified atom stereocenters. The van der Waals surface area contributed by atoms with Gasteiger partial charge in [-0.2, -0.15) is 0 Å². The van der Waals surface area contributed by atoms with Crippen molar-refractivity contribution in [3.63, 3.8) is 0 Å². The van der Waals surface area contributed by atoms with Crippen LogP contribution < -0.4 is 25.6 Å². The molecule has 2 fully saturated rings. The van der Waals surface area contributed by atoms with Gasteiger partial charge < -0.3 is 24.1 Å². The molecule has 1 aliphatic carbocycles. The fraction of sp³-hybridized carbons (Fsp3) is 0.275. The summed E-state index contributed by atoms with van der Waals surface area (Å²) in [6.07, 6.45) is 8.40. The van der Waals surface area contributed by atoms with Gasteiger partial charge >= 0.3 is 13.1 Å². The number of allylic oxidation sites excluding steroid dienone is 3. The summed E-state index contributed by atoms with van der Waals surface area (Å²) in [5, 5.41) is 14.6. The Labute approximate surface area is 355 Å². The van der Waals surface area contributed by atoms with E-state index < -0.39 is 31.6 Å².